The molecule has 3 aromatic carbocycles. The SMILES string of the molecule is CC(=NC(=O)[C@H]1CC(=O)c2ccccc2O1)c1cccc2ccccc12. The third-order valence-corrected chi connectivity index (χ3v) is 4.56. The normalized spacial score (nSPS) is 16.9. The van der Waals surface area contributed by atoms with Gasteiger partial charge in [0.05, 0.1) is 12.0 Å². The molecule has 0 aromatic heterocycles. The molecule has 0 bridgehead atoms. The van der Waals surface area contributed by atoms with Crippen molar-refractivity contribution in [2.75, 3.05) is 0 Å². The minimum atomic E-state index is -0.873. The van der Waals surface area contributed by atoms with Crippen LogP contribution in [-0.4, -0.2) is 23.5 Å². The monoisotopic (exact) mass is 343 g/mol. The Hall–Kier alpha value is -3.27. The summed E-state index contributed by atoms with van der Waals surface area (Å²) in [7, 11) is 0. The highest BCUT2D eigenvalue weighted by atomic mass is 16.5. The number of fused-ring (bicyclic) bond motifs is 2. The van der Waals surface area contributed by atoms with Crippen LogP contribution in [0, 0.1) is 0 Å². The van der Waals surface area contributed by atoms with Crippen molar-refractivity contribution in [1.29, 1.82) is 0 Å². The average molecular weight is 343 g/mol. The van der Waals surface area contributed by atoms with Crippen LogP contribution in [0.5, 0.6) is 5.75 Å². The number of Topliss-reactive ketones (excluding diaryl/α,β-unsaturated/α-hetero) is 1. The van der Waals surface area contributed by atoms with Crippen LogP contribution in [0.25, 0.3) is 10.8 Å². The minimum Gasteiger partial charge on any atom is -0.479 e. The maximum atomic E-state index is 12.6. The van der Waals surface area contributed by atoms with E-state index >= 15 is 0 Å². The first-order valence-corrected chi connectivity index (χ1v) is 8.49. The lowest BCUT2D eigenvalue weighted by atomic mass is 10.00. The van der Waals surface area contributed by atoms with Crippen LogP contribution < -0.4 is 4.74 Å². The van der Waals surface area contributed by atoms with Gasteiger partial charge < -0.3 is 4.74 Å². The Labute approximate surface area is 151 Å². The van der Waals surface area contributed by atoms with Gasteiger partial charge >= 0.3 is 0 Å². The summed E-state index contributed by atoms with van der Waals surface area (Å²) in [5.74, 6) is -0.0818. The number of amides is 1. The van der Waals surface area contributed by atoms with Crippen LogP contribution in [0.1, 0.15) is 29.3 Å². The molecule has 3 aromatic rings. The van der Waals surface area contributed by atoms with E-state index in [1.54, 1.807) is 31.2 Å². The van der Waals surface area contributed by atoms with Crippen LogP contribution in [0.3, 0.4) is 0 Å². The highest BCUT2D eigenvalue weighted by Crippen LogP contribution is 2.28. The Kier molecular flexibility index (Phi) is 4.09. The zero-order chi connectivity index (χ0) is 18.1. The van der Waals surface area contributed by atoms with Crippen LogP contribution in [-0.2, 0) is 4.79 Å². The Balaban J connectivity index is 1.64. The smallest absolute Gasteiger partial charge is 0.287 e. The molecule has 0 aliphatic carbocycles. The van der Waals surface area contributed by atoms with Crippen LogP contribution >= 0.6 is 0 Å². The molecule has 0 N–H and O–H groups in total. The number of hydrogen-bond acceptors (Lipinski definition) is 3. The van der Waals surface area contributed by atoms with E-state index in [2.05, 4.69) is 4.99 Å². The number of benzene rings is 3. The number of ether oxygens (including phenoxy) is 1. The highest BCUT2D eigenvalue weighted by molar-refractivity contribution is 6.14. The third-order valence-electron chi connectivity index (χ3n) is 4.56. The summed E-state index contributed by atoms with van der Waals surface area (Å²) in [4.78, 5) is 29.1. The minimum absolute atomic E-state index is 0.0160. The van der Waals surface area contributed by atoms with E-state index in [0.717, 1.165) is 16.3 Å². The quantitative estimate of drug-likeness (QED) is 0.655. The maximum Gasteiger partial charge on any atom is 0.287 e. The molecular formula is C22H17NO3. The number of carbonyl (C=O) groups is 2. The number of para-hydroxylation sites is 1. The van der Waals surface area contributed by atoms with E-state index < -0.39 is 12.0 Å². The third kappa shape index (κ3) is 2.90. The number of rotatable bonds is 2. The van der Waals surface area contributed by atoms with Crippen molar-refractivity contribution in [3.8, 4) is 5.75 Å². The second-order valence-corrected chi connectivity index (χ2v) is 6.29. The second-order valence-electron chi connectivity index (χ2n) is 6.29. The molecule has 1 aliphatic heterocycles. The number of nitrogens with zero attached hydrogens (tertiary/aromatic N) is 1. The first-order valence-electron chi connectivity index (χ1n) is 8.49. The van der Waals surface area contributed by atoms with Crippen LogP contribution in [0.15, 0.2) is 71.7 Å². The summed E-state index contributed by atoms with van der Waals surface area (Å²) in [5.41, 5.74) is 2.03. The number of ketones is 1. The van der Waals surface area contributed by atoms with Gasteiger partial charge in [-0.05, 0) is 29.8 Å². The Morgan fingerprint density at radius 2 is 1.73 bits per heavy atom. The lowest BCUT2D eigenvalue weighted by molar-refractivity contribution is -0.124. The second kappa shape index (κ2) is 6.56. The van der Waals surface area contributed by atoms with E-state index in [0.29, 0.717) is 17.0 Å². The molecule has 0 fully saturated rings. The molecular weight excluding hydrogens is 326 g/mol. The molecule has 1 aliphatic rings. The van der Waals surface area contributed by atoms with Crippen molar-refractivity contribution in [3.05, 3.63) is 77.9 Å². The molecule has 4 heteroatoms. The van der Waals surface area contributed by atoms with Gasteiger partial charge in [0.25, 0.3) is 5.91 Å². The summed E-state index contributed by atoms with van der Waals surface area (Å²) in [6.07, 6.45) is -0.857. The van der Waals surface area contributed by atoms with Gasteiger partial charge in [0, 0.05) is 11.3 Å². The number of aliphatic imine (C=N–C) groups is 1. The van der Waals surface area contributed by atoms with Gasteiger partial charge in [0.2, 0.25) is 0 Å². The lowest BCUT2D eigenvalue weighted by Crippen LogP contribution is -2.33. The summed E-state index contributed by atoms with van der Waals surface area (Å²) >= 11 is 0. The Morgan fingerprint density at radius 1 is 1.00 bits per heavy atom. The first kappa shape index (κ1) is 16.2. The van der Waals surface area contributed by atoms with E-state index in [4.69, 9.17) is 4.74 Å². The van der Waals surface area contributed by atoms with Gasteiger partial charge in [0.15, 0.2) is 11.9 Å². The van der Waals surface area contributed by atoms with Crippen molar-refractivity contribution in [2.24, 2.45) is 4.99 Å². The molecule has 1 amide bonds. The average Bonchev–Trinajstić information content (AvgIpc) is 2.67. The molecule has 4 nitrogen and oxygen atoms in total. The fraction of sp³-hybridized carbons (Fsp3) is 0.136. The largest absolute Gasteiger partial charge is 0.479 e. The summed E-state index contributed by atoms with van der Waals surface area (Å²) in [5, 5.41) is 2.13. The zero-order valence-corrected chi connectivity index (χ0v) is 14.3. The van der Waals surface area contributed by atoms with E-state index in [-0.39, 0.29) is 12.2 Å². The van der Waals surface area contributed by atoms with E-state index in [1.165, 1.54) is 0 Å². The van der Waals surface area contributed by atoms with Crippen molar-refractivity contribution in [1.82, 2.24) is 0 Å². The molecule has 0 spiro atoms. The van der Waals surface area contributed by atoms with Crippen LogP contribution in [0.4, 0.5) is 0 Å². The standard InChI is InChI=1S/C22H17NO3/c1-14(16-11-6-8-15-7-2-3-9-17(15)16)23-22(25)21-13-19(24)18-10-4-5-12-20(18)26-21/h2-12,21H,13H2,1H3/t21-/m1/s1. The van der Waals surface area contributed by atoms with Crippen molar-refractivity contribution in [3.63, 3.8) is 0 Å². The van der Waals surface area contributed by atoms with Gasteiger partial charge in [-0.25, -0.2) is 4.99 Å². The molecule has 4 rings (SSSR count). The molecule has 0 radical (unpaired) electrons. The number of hydrogen-bond donors (Lipinski definition) is 0. The summed E-state index contributed by atoms with van der Waals surface area (Å²) in [6.45, 7) is 1.80. The predicted molar refractivity (Wildman–Crippen MR) is 101 cm³/mol. The number of carbonyl (C=O) groups excluding carboxylic acids is 2. The topological polar surface area (TPSA) is 55.7 Å². The molecule has 26 heavy (non-hydrogen) atoms. The molecule has 0 saturated heterocycles. The molecule has 1 heterocycles. The fourth-order valence-corrected chi connectivity index (χ4v) is 3.25. The zero-order valence-electron chi connectivity index (χ0n) is 14.3. The molecule has 128 valence electrons. The summed E-state index contributed by atoms with van der Waals surface area (Å²) < 4.78 is 5.71. The van der Waals surface area contributed by atoms with E-state index in [1.807, 2.05) is 42.5 Å². The van der Waals surface area contributed by atoms with Gasteiger partial charge in [-0.1, -0.05) is 54.6 Å². The van der Waals surface area contributed by atoms with Gasteiger partial charge in [0.1, 0.15) is 5.75 Å². The highest BCUT2D eigenvalue weighted by Gasteiger charge is 2.31. The molecule has 0 saturated carbocycles. The maximum absolute atomic E-state index is 12.6. The lowest BCUT2D eigenvalue weighted by Gasteiger charge is -2.22. The van der Waals surface area contributed by atoms with E-state index in [9.17, 15) is 9.59 Å². The van der Waals surface area contributed by atoms with Gasteiger partial charge in [-0.3, -0.25) is 9.59 Å². The molecule has 0 unspecified atom stereocenters. The predicted octanol–water partition coefficient (Wildman–Crippen LogP) is 4.21. The summed E-state index contributed by atoms with van der Waals surface area (Å²) in [6, 6.07) is 20.8. The van der Waals surface area contributed by atoms with Crippen molar-refractivity contribution in [2.45, 2.75) is 19.4 Å². The Morgan fingerprint density at radius 3 is 2.62 bits per heavy atom. The van der Waals surface area contributed by atoms with Crippen molar-refractivity contribution < 1.29 is 14.3 Å². The van der Waals surface area contributed by atoms with Crippen LogP contribution in [0.2, 0.25) is 0 Å². The first-order chi connectivity index (χ1) is 12.6. The van der Waals surface area contributed by atoms with Gasteiger partial charge in [-0.2, -0.15) is 0 Å². The fourth-order valence-electron chi connectivity index (χ4n) is 3.25. The van der Waals surface area contributed by atoms with Crippen molar-refractivity contribution >= 4 is 28.2 Å². The molecule has 1 atom stereocenters. The Bertz CT molecular complexity index is 1050. The van der Waals surface area contributed by atoms with Gasteiger partial charge in [-0.15, -0.1) is 0 Å².